The van der Waals surface area contributed by atoms with Gasteiger partial charge in [0.2, 0.25) is 0 Å². The van der Waals surface area contributed by atoms with Gasteiger partial charge in [-0.05, 0) is 45.6 Å². The van der Waals surface area contributed by atoms with E-state index >= 15 is 0 Å². The molecule has 1 aromatic heterocycles. The number of nitrogens with one attached hydrogen (secondary N) is 1. The molecule has 0 unspecified atom stereocenters. The molecule has 1 aromatic rings. The first-order valence-electron chi connectivity index (χ1n) is 6.09. The van der Waals surface area contributed by atoms with Crippen LogP contribution in [0.5, 0.6) is 0 Å². The van der Waals surface area contributed by atoms with E-state index < -0.39 is 0 Å². The molecule has 1 heterocycles. The molecule has 0 aliphatic heterocycles. The number of likely N-dealkylation sites (N-methyl/N-ethyl adjacent to an activating group) is 1. The third-order valence-electron chi connectivity index (χ3n) is 2.53. The van der Waals surface area contributed by atoms with Crippen molar-refractivity contribution in [2.75, 3.05) is 33.7 Å². The van der Waals surface area contributed by atoms with Crippen molar-refractivity contribution < 1.29 is 0 Å². The normalized spacial score (nSPS) is 11.2. The van der Waals surface area contributed by atoms with Crippen molar-refractivity contribution >= 4 is 0 Å². The van der Waals surface area contributed by atoms with Crippen molar-refractivity contribution in [3.8, 4) is 0 Å². The van der Waals surface area contributed by atoms with Gasteiger partial charge in [0, 0.05) is 12.7 Å². The SMILES string of the molecule is CCNCCCc1cnn(CCN(C)C)c1. The van der Waals surface area contributed by atoms with Gasteiger partial charge in [-0.1, -0.05) is 6.92 Å². The lowest BCUT2D eigenvalue weighted by molar-refractivity contribution is 0.373. The summed E-state index contributed by atoms with van der Waals surface area (Å²) in [5.74, 6) is 0. The molecule has 0 amide bonds. The molecule has 1 rings (SSSR count). The standard InChI is InChI=1S/C12H24N4/c1-4-13-7-5-6-12-10-14-16(11-12)9-8-15(2)3/h10-11,13H,4-9H2,1-3H3. The van der Waals surface area contributed by atoms with Crippen LogP contribution in [-0.2, 0) is 13.0 Å². The monoisotopic (exact) mass is 224 g/mol. The Morgan fingerprint density at radius 3 is 2.94 bits per heavy atom. The molecule has 0 radical (unpaired) electrons. The molecule has 4 heteroatoms. The van der Waals surface area contributed by atoms with Crippen LogP contribution in [0.1, 0.15) is 18.9 Å². The van der Waals surface area contributed by atoms with Gasteiger partial charge < -0.3 is 10.2 Å². The number of aromatic nitrogens is 2. The fourth-order valence-corrected chi connectivity index (χ4v) is 1.55. The number of aryl methyl sites for hydroxylation is 1. The summed E-state index contributed by atoms with van der Waals surface area (Å²) in [5.41, 5.74) is 1.34. The number of hydrogen-bond donors (Lipinski definition) is 1. The summed E-state index contributed by atoms with van der Waals surface area (Å²) in [6.07, 6.45) is 6.46. The number of rotatable bonds is 8. The van der Waals surface area contributed by atoms with E-state index in [1.54, 1.807) is 0 Å². The third kappa shape index (κ3) is 5.28. The second-order valence-electron chi connectivity index (χ2n) is 4.37. The third-order valence-corrected chi connectivity index (χ3v) is 2.53. The molecular formula is C12H24N4. The first-order chi connectivity index (χ1) is 7.72. The lowest BCUT2D eigenvalue weighted by atomic mass is 10.2. The van der Waals surface area contributed by atoms with Gasteiger partial charge in [-0.2, -0.15) is 5.10 Å². The van der Waals surface area contributed by atoms with Crippen LogP contribution in [0, 0.1) is 0 Å². The molecule has 1 N–H and O–H groups in total. The predicted octanol–water partition coefficient (Wildman–Crippen LogP) is 0.987. The molecule has 0 aromatic carbocycles. The summed E-state index contributed by atoms with van der Waals surface area (Å²) >= 11 is 0. The average Bonchev–Trinajstić information content (AvgIpc) is 2.70. The minimum absolute atomic E-state index is 0.972. The van der Waals surface area contributed by atoms with Crippen LogP contribution in [0.25, 0.3) is 0 Å². The fourth-order valence-electron chi connectivity index (χ4n) is 1.55. The summed E-state index contributed by atoms with van der Waals surface area (Å²) in [7, 11) is 4.17. The molecule has 16 heavy (non-hydrogen) atoms. The van der Waals surface area contributed by atoms with Crippen LogP contribution in [0.2, 0.25) is 0 Å². The van der Waals surface area contributed by atoms with Crippen molar-refractivity contribution in [1.29, 1.82) is 0 Å². The van der Waals surface area contributed by atoms with Crippen molar-refractivity contribution in [2.45, 2.75) is 26.3 Å². The molecule has 0 saturated carbocycles. The Hall–Kier alpha value is -0.870. The second kappa shape index (κ2) is 7.41. The van der Waals surface area contributed by atoms with Gasteiger partial charge in [-0.3, -0.25) is 4.68 Å². The fraction of sp³-hybridized carbons (Fsp3) is 0.750. The summed E-state index contributed by atoms with van der Waals surface area (Å²) in [6, 6.07) is 0. The van der Waals surface area contributed by atoms with E-state index in [1.165, 1.54) is 12.0 Å². The quantitative estimate of drug-likeness (QED) is 0.668. The van der Waals surface area contributed by atoms with Gasteiger partial charge >= 0.3 is 0 Å². The summed E-state index contributed by atoms with van der Waals surface area (Å²) in [6.45, 7) is 6.31. The summed E-state index contributed by atoms with van der Waals surface area (Å²) in [4.78, 5) is 2.17. The van der Waals surface area contributed by atoms with E-state index in [0.29, 0.717) is 0 Å². The zero-order valence-corrected chi connectivity index (χ0v) is 10.7. The minimum atomic E-state index is 0.972. The van der Waals surface area contributed by atoms with E-state index in [1.807, 2.05) is 10.9 Å². The van der Waals surface area contributed by atoms with Crippen LogP contribution < -0.4 is 5.32 Å². The zero-order chi connectivity index (χ0) is 11.8. The Labute approximate surface area is 98.6 Å². The number of nitrogens with zero attached hydrogens (tertiary/aromatic N) is 3. The summed E-state index contributed by atoms with van der Waals surface area (Å²) in [5, 5.41) is 7.69. The van der Waals surface area contributed by atoms with Gasteiger partial charge in [-0.25, -0.2) is 0 Å². The van der Waals surface area contributed by atoms with Crippen LogP contribution in [0.3, 0.4) is 0 Å². The molecule has 0 fully saturated rings. The number of hydrogen-bond acceptors (Lipinski definition) is 3. The van der Waals surface area contributed by atoms with E-state index in [2.05, 4.69) is 42.5 Å². The van der Waals surface area contributed by atoms with E-state index in [4.69, 9.17) is 0 Å². The first-order valence-corrected chi connectivity index (χ1v) is 6.09. The van der Waals surface area contributed by atoms with Crippen LogP contribution in [0.4, 0.5) is 0 Å². The zero-order valence-electron chi connectivity index (χ0n) is 10.7. The molecular weight excluding hydrogens is 200 g/mol. The maximum atomic E-state index is 4.36. The van der Waals surface area contributed by atoms with E-state index in [0.717, 1.165) is 32.6 Å². The van der Waals surface area contributed by atoms with Gasteiger partial charge in [0.05, 0.1) is 12.7 Å². The molecule has 0 spiro atoms. The lowest BCUT2D eigenvalue weighted by Gasteiger charge is -2.08. The largest absolute Gasteiger partial charge is 0.317 e. The maximum absolute atomic E-state index is 4.36. The highest BCUT2D eigenvalue weighted by atomic mass is 15.3. The molecule has 0 aliphatic rings. The Kier molecular flexibility index (Phi) is 6.11. The first kappa shape index (κ1) is 13.2. The highest BCUT2D eigenvalue weighted by Crippen LogP contribution is 2.01. The molecule has 0 aliphatic carbocycles. The molecule has 0 atom stereocenters. The Balaban J connectivity index is 2.22. The lowest BCUT2D eigenvalue weighted by Crippen LogP contribution is -2.18. The molecule has 0 bridgehead atoms. The van der Waals surface area contributed by atoms with Gasteiger partial charge in [0.15, 0.2) is 0 Å². The smallest absolute Gasteiger partial charge is 0.0536 e. The topological polar surface area (TPSA) is 33.1 Å². The van der Waals surface area contributed by atoms with Gasteiger partial charge in [0.25, 0.3) is 0 Å². The minimum Gasteiger partial charge on any atom is -0.317 e. The average molecular weight is 224 g/mol. The van der Waals surface area contributed by atoms with Crippen molar-refractivity contribution in [3.05, 3.63) is 18.0 Å². The van der Waals surface area contributed by atoms with Crippen molar-refractivity contribution in [2.24, 2.45) is 0 Å². The van der Waals surface area contributed by atoms with E-state index in [9.17, 15) is 0 Å². The van der Waals surface area contributed by atoms with Gasteiger partial charge in [0.1, 0.15) is 0 Å². The Morgan fingerprint density at radius 1 is 1.44 bits per heavy atom. The molecule has 0 saturated heterocycles. The van der Waals surface area contributed by atoms with E-state index in [-0.39, 0.29) is 0 Å². The van der Waals surface area contributed by atoms with Crippen molar-refractivity contribution in [3.63, 3.8) is 0 Å². The second-order valence-corrected chi connectivity index (χ2v) is 4.37. The highest BCUT2D eigenvalue weighted by molar-refractivity contribution is 5.03. The van der Waals surface area contributed by atoms with Crippen LogP contribution >= 0.6 is 0 Å². The van der Waals surface area contributed by atoms with Crippen molar-refractivity contribution in [1.82, 2.24) is 20.0 Å². The Morgan fingerprint density at radius 2 is 2.25 bits per heavy atom. The predicted molar refractivity (Wildman–Crippen MR) is 67.6 cm³/mol. The van der Waals surface area contributed by atoms with Gasteiger partial charge in [-0.15, -0.1) is 0 Å². The Bertz CT molecular complexity index is 280. The summed E-state index contributed by atoms with van der Waals surface area (Å²) < 4.78 is 2.03. The molecule has 4 nitrogen and oxygen atoms in total. The van der Waals surface area contributed by atoms with Crippen LogP contribution in [0.15, 0.2) is 12.4 Å². The maximum Gasteiger partial charge on any atom is 0.0536 e. The highest BCUT2D eigenvalue weighted by Gasteiger charge is 1.99. The van der Waals surface area contributed by atoms with Crippen LogP contribution in [-0.4, -0.2) is 48.4 Å². The molecule has 92 valence electrons.